The monoisotopic (exact) mass is 290 g/mol. The maximum atomic E-state index is 9.50. The Morgan fingerprint density at radius 1 is 1.33 bits per heavy atom. The summed E-state index contributed by atoms with van der Waals surface area (Å²) in [5.74, 6) is 1.10. The molecule has 116 valence electrons. The molecule has 0 spiro atoms. The van der Waals surface area contributed by atoms with E-state index in [-0.39, 0.29) is 11.8 Å². The Hall–Kier alpha value is -1.26. The molecule has 0 bridgehead atoms. The molecule has 0 radical (unpaired) electrons. The number of nitrogens with zero attached hydrogens (tertiary/aromatic N) is 1. The first-order valence-corrected chi connectivity index (χ1v) is 8.20. The summed E-state index contributed by atoms with van der Waals surface area (Å²) in [5.41, 5.74) is 1.18. The van der Waals surface area contributed by atoms with Crippen molar-refractivity contribution in [1.82, 2.24) is 10.2 Å². The molecule has 1 fully saturated rings. The molecular weight excluding hydrogens is 264 g/mol. The van der Waals surface area contributed by atoms with Crippen molar-refractivity contribution in [2.24, 2.45) is 0 Å². The lowest BCUT2D eigenvalue weighted by Crippen LogP contribution is -2.44. The highest BCUT2D eigenvalue weighted by Crippen LogP contribution is 2.35. The van der Waals surface area contributed by atoms with Crippen LogP contribution in [0.25, 0.3) is 0 Å². The lowest BCUT2D eigenvalue weighted by atomic mass is 10.0. The van der Waals surface area contributed by atoms with Crippen LogP contribution in [0.3, 0.4) is 0 Å². The van der Waals surface area contributed by atoms with Crippen LogP contribution in [0, 0.1) is 0 Å². The van der Waals surface area contributed by atoms with Crippen molar-refractivity contribution >= 4 is 0 Å². The summed E-state index contributed by atoms with van der Waals surface area (Å²) in [6.07, 6.45) is 5.02. The van der Waals surface area contributed by atoms with Crippen molar-refractivity contribution in [2.75, 3.05) is 26.2 Å². The van der Waals surface area contributed by atoms with Gasteiger partial charge < -0.3 is 20.1 Å². The Bertz CT molecular complexity index is 470. The fraction of sp³-hybridized carbons (Fsp3) is 0.647. The topological polar surface area (TPSA) is 44.7 Å². The summed E-state index contributed by atoms with van der Waals surface area (Å²) in [7, 11) is 0. The molecule has 1 unspecified atom stereocenters. The van der Waals surface area contributed by atoms with Crippen molar-refractivity contribution in [3.8, 4) is 11.5 Å². The molecule has 2 aliphatic rings. The summed E-state index contributed by atoms with van der Waals surface area (Å²) >= 11 is 0. The van der Waals surface area contributed by atoms with Crippen LogP contribution >= 0.6 is 0 Å². The van der Waals surface area contributed by atoms with Crippen LogP contribution in [0.1, 0.15) is 44.2 Å². The molecule has 3 rings (SSSR count). The zero-order chi connectivity index (χ0) is 14.7. The number of ether oxygens (including phenoxy) is 1. The van der Waals surface area contributed by atoms with Crippen molar-refractivity contribution < 1.29 is 9.84 Å². The van der Waals surface area contributed by atoms with Gasteiger partial charge in [-0.15, -0.1) is 0 Å². The normalized spacial score (nSPS) is 23.0. The van der Waals surface area contributed by atoms with Gasteiger partial charge in [-0.3, -0.25) is 0 Å². The largest absolute Gasteiger partial charge is 0.508 e. The van der Waals surface area contributed by atoms with E-state index in [2.05, 4.69) is 17.1 Å². The number of nitrogens with one attached hydrogen (secondary N) is 1. The Morgan fingerprint density at radius 3 is 2.90 bits per heavy atom. The number of likely N-dealkylation sites (tertiary alicyclic amines) is 1. The second-order valence-corrected chi connectivity index (χ2v) is 6.22. The van der Waals surface area contributed by atoms with E-state index >= 15 is 0 Å². The van der Waals surface area contributed by atoms with E-state index in [0.717, 1.165) is 5.75 Å². The molecule has 4 heteroatoms. The van der Waals surface area contributed by atoms with Gasteiger partial charge in [0.05, 0.1) is 6.04 Å². The summed E-state index contributed by atoms with van der Waals surface area (Å²) < 4.78 is 5.67. The van der Waals surface area contributed by atoms with E-state index in [1.54, 1.807) is 12.1 Å². The molecule has 1 saturated heterocycles. The van der Waals surface area contributed by atoms with E-state index in [1.165, 1.54) is 50.9 Å². The highest BCUT2D eigenvalue weighted by molar-refractivity contribution is 5.44. The maximum Gasteiger partial charge on any atom is 0.127 e. The van der Waals surface area contributed by atoms with Gasteiger partial charge in [0.15, 0.2) is 0 Å². The van der Waals surface area contributed by atoms with Gasteiger partial charge in [-0.05, 0) is 51.0 Å². The smallest absolute Gasteiger partial charge is 0.127 e. The number of benzene rings is 1. The summed E-state index contributed by atoms with van der Waals surface area (Å²) in [6.45, 7) is 6.58. The maximum absolute atomic E-state index is 9.50. The minimum atomic E-state index is 0.271. The lowest BCUT2D eigenvalue weighted by molar-refractivity contribution is 0.183. The Balaban J connectivity index is 1.51. The summed E-state index contributed by atoms with van der Waals surface area (Å²) in [6, 6.07) is 6.29. The number of aromatic hydroxyl groups is 1. The SMILES string of the molecule is CCCCN1CCC(NC2COc3cc(O)ccc32)CC1. The number of fused-ring (bicyclic) bond motifs is 1. The first-order chi connectivity index (χ1) is 10.3. The Kier molecular flexibility index (Phi) is 4.66. The number of hydrogen-bond acceptors (Lipinski definition) is 4. The third-order valence-electron chi connectivity index (χ3n) is 4.63. The molecular formula is C17H26N2O2. The zero-order valence-electron chi connectivity index (χ0n) is 12.8. The van der Waals surface area contributed by atoms with E-state index < -0.39 is 0 Å². The van der Waals surface area contributed by atoms with Crippen LogP contribution in [0.4, 0.5) is 0 Å². The molecule has 1 aromatic carbocycles. The number of phenols is 1. The first-order valence-electron chi connectivity index (χ1n) is 8.20. The van der Waals surface area contributed by atoms with Gasteiger partial charge in [-0.2, -0.15) is 0 Å². The highest BCUT2D eigenvalue weighted by Gasteiger charge is 2.28. The van der Waals surface area contributed by atoms with Crippen molar-refractivity contribution in [1.29, 1.82) is 0 Å². The van der Waals surface area contributed by atoms with Gasteiger partial charge in [0, 0.05) is 17.7 Å². The third-order valence-corrected chi connectivity index (χ3v) is 4.63. The van der Waals surface area contributed by atoms with Gasteiger partial charge in [0.2, 0.25) is 0 Å². The zero-order valence-corrected chi connectivity index (χ0v) is 12.8. The fourth-order valence-corrected chi connectivity index (χ4v) is 3.33. The van der Waals surface area contributed by atoms with Crippen LogP contribution in [0.5, 0.6) is 11.5 Å². The van der Waals surface area contributed by atoms with Gasteiger partial charge in [0.1, 0.15) is 18.1 Å². The number of rotatable bonds is 5. The van der Waals surface area contributed by atoms with E-state index in [1.807, 2.05) is 6.07 Å². The molecule has 21 heavy (non-hydrogen) atoms. The summed E-state index contributed by atoms with van der Waals surface area (Å²) in [5, 5.41) is 13.2. The average molecular weight is 290 g/mol. The number of phenolic OH excluding ortho intramolecular Hbond substituents is 1. The molecule has 2 heterocycles. The second-order valence-electron chi connectivity index (χ2n) is 6.22. The third kappa shape index (κ3) is 3.50. The van der Waals surface area contributed by atoms with Gasteiger partial charge in [-0.1, -0.05) is 13.3 Å². The molecule has 1 atom stereocenters. The van der Waals surface area contributed by atoms with Gasteiger partial charge >= 0.3 is 0 Å². The molecule has 0 amide bonds. The van der Waals surface area contributed by atoms with Crippen molar-refractivity contribution in [3.63, 3.8) is 0 Å². The van der Waals surface area contributed by atoms with E-state index in [0.29, 0.717) is 12.6 Å². The molecule has 2 aliphatic heterocycles. The minimum absolute atomic E-state index is 0.271. The number of unbranched alkanes of at least 4 members (excludes halogenated alkanes) is 1. The Labute approximate surface area is 127 Å². The van der Waals surface area contributed by atoms with E-state index in [9.17, 15) is 5.11 Å². The predicted molar refractivity (Wildman–Crippen MR) is 83.8 cm³/mol. The van der Waals surface area contributed by atoms with Gasteiger partial charge in [0.25, 0.3) is 0 Å². The lowest BCUT2D eigenvalue weighted by Gasteiger charge is -2.33. The summed E-state index contributed by atoms with van der Waals surface area (Å²) in [4.78, 5) is 2.58. The predicted octanol–water partition coefficient (Wildman–Crippen LogP) is 2.68. The first kappa shape index (κ1) is 14.7. The fourth-order valence-electron chi connectivity index (χ4n) is 3.33. The second kappa shape index (κ2) is 6.67. The minimum Gasteiger partial charge on any atom is -0.508 e. The Morgan fingerprint density at radius 2 is 2.14 bits per heavy atom. The molecule has 2 N–H and O–H groups in total. The van der Waals surface area contributed by atoms with Crippen LogP contribution in [0.2, 0.25) is 0 Å². The quantitative estimate of drug-likeness (QED) is 0.875. The highest BCUT2D eigenvalue weighted by atomic mass is 16.5. The molecule has 4 nitrogen and oxygen atoms in total. The molecule has 0 aromatic heterocycles. The van der Waals surface area contributed by atoms with Crippen molar-refractivity contribution in [3.05, 3.63) is 23.8 Å². The van der Waals surface area contributed by atoms with Crippen LogP contribution in [-0.4, -0.2) is 42.3 Å². The van der Waals surface area contributed by atoms with Crippen LogP contribution in [-0.2, 0) is 0 Å². The number of hydrogen-bond donors (Lipinski definition) is 2. The van der Waals surface area contributed by atoms with Crippen molar-refractivity contribution in [2.45, 2.75) is 44.7 Å². The standard InChI is InChI=1S/C17H26N2O2/c1-2-3-8-19-9-6-13(7-10-19)18-16-12-21-17-11-14(20)4-5-15(16)17/h4-5,11,13,16,18,20H,2-3,6-10,12H2,1H3. The molecule has 1 aromatic rings. The molecule has 0 aliphatic carbocycles. The number of piperidine rings is 1. The van der Waals surface area contributed by atoms with E-state index in [4.69, 9.17) is 4.74 Å². The van der Waals surface area contributed by atoms with Crippen LogP contribution < -0.4 is 10.1 Å². The molecule has 0 saturated carbocycles. The average Bonchev–Trinajstić information content (AvgIpc) is 2.88. The van der Waals surface area contributed by atoms with Crippen LogP contribution in [0.15, 0.2) is 18.2 Å². The van der Waals surface area contributed by atoms with Gasteiger partial charge in [-0.25, -0.2) is 0 Å².